The van der Waals surface area contributed by atoms with Crippen molar-refractivity contribution in [3.63, 3.8) is 0 Å². The Hall–Kier alpha value is -0.606. The second-order valence-corrected chi connectivity index (χ2v) is 6.41. The molecule has 0 bridgehead atoms. The summed E-state index contributed by atoms with van der Waals surface area (Å²) in [5, 5.41) is 0. The van der Waals surface area contributed by atoms with E-state index in [0.717, 1.165) is 51.4 Å². The molecule has 0 saturated carbocycles. The van der Waals surface area contributed by atoms with Gasteiger partial charge in [-0.2, -0.15) is 25.7 Å². The Bertz CT molecular complexity index is 228. The third-order valence-electron chi connectivity index (χ3n) is 3.53. The summed E-state index contributed by atoms with van der Waals surface area (Å²) in [6.07, 6.45) is 23.3. The van der Waals surface area contributed by atoms with Crippen LogP contribution in [0.4, 0.5) is 0 Å². The zero-order valence-corrected chi connectivity index (χ0v) is 21.0. The first kappa shape index (κ1) is 38.9. The van der Waals surface area contributed by atoms with Crippen LogP contribution in [0.5, 0.6) is 0 Å². The molecule has 4 nitrogen and oxygen atoms in total. The van der Waals surface area contributed by atoms with E-state index in [9.17, 15) is 19.2 Å². The summed E-state index contributed by atoms with van der Waals surface area (Å²) in [5.41, 5.74) is 0. The molecule has 0 aliphatic carbocycles. The normalized spacial score (nSPS) is 8.41. The van der Waals surface area contributed by atoms with Gasteiger partial charge >= 0.3 is 21.7 Å². The van der Waals surface area contributed by atoms with Gasteiger partial charge < -0.3 is 19.2 Å². The van der Waals surface area contributed by atoms with E-state index in [1.54, 1.807) is 0 Å². The summed E-state index contributed by atoms with van der Waals surface area (Å²) >= 11 is 0. The van der Waals surface area contributed by atoms with Gasteiger partial charge in [-0.05, 0) is 0 Å². The van der Waals surface area contributed by atoms with Crippen molar-refractivity contribution in [3.8, 4) is 0 Å². The fraction of sp³-hybridized carbons (Fsp3) is 0.833. The van der Waals surface area contributed by atoms with Crippen molar-refractivity contribution < 1.29 is 40.9 Å². The maximum Gasteiger partial charge on any atom is 4.00 e. The monoisotopic (exact) mass is 444 g/mol. The van der Waals surface area contributed by atoms with Crippen molar-refractivity contribution in [2.75, 3.05) is 0 Å². The van der Waals surface area contributed by atoms with Crippen LogP contribution in [0.2, 0.25) is 0 Å². The molecule has 0 rings (SSSR count). The Labute approximate surface area is 196 Å². The van der Waals surface area contributed by atoms with E-state index in [4.69, 9.17) is 0 Å². The molecule has 0 amide bonds. The van der Waals surface area contributed by atoms with Crippen molar-refractivity contribution >= 4 is 25.1 Å². The molecule has 29 heavy (non-hydrogen) atoms. The van der Waals surface area contributed by atoms with Crippen LogP contribution in [0.15, 0.2) is 0 Å². The predicted molar refractivity (Wildman–Crippen MR) is 119 cm³/mol. The zero-order chi connectivity index (χ0) is 22.1. The average molecular weight is 444 g/mol. The molecule has 0 aromatic carbocycles. The summed E-state index contributed by atoms with van der Waals surface area (Å²) in [7, 11) is 0. The van der Waals surface area contributed by atoms with Crippen LogP contribution in [-0.4, -0.2) is 25.1 Å². The molecule has 0 fully saturated rings. The molecule has 0 saturated heterocycles. The Morgan fingerprint density at radius 2 is 0.552 bits per heavy atom. The van der Waals surface area contributed by atoms with Gasteiger partial charge in [-0.1, -0.05) is 105 Å². The molecular weight excluding hydrogens is 400 g/mol. The minimum atomic E-state index is 0. The van der Waals surface area contributed by atoms with Crippen molar-refractivity contribution in [2.45, 2.75) is 130 Å². The van der Waals surface area contributed by atoms with Gasteiger partial charge in [-0.15, -0.1) is 0 Å². The fourth-order valence-corrected chi connectivity index (χ4v) is 1.79. The van der Waals surface area contributed by atoms with Crippen LogP contribution in [0, 0.1) is 0 Å². The summed E-state index contributed by atoms with van der Waals surface area (Å²) in [5.74, 6) is 0. The molecule has 0 radical (unpaired) electrons. The molecule has 0 aromatic rings. The fourth-order valence-electron chi connectivity index (χ4n) is 1.79. The Balaban J connectivity index is -0.0000000873. The molecule has 0 heterocycles. The quantitative estimate of drug-likeness (QED) is 0.151. The smallest absolute Gasteiger partial charge is 0.542 e. The van der Waals surface area contributed by atoms with E-state index < -0.39 is 0 Å². The van der Waals surface area contributed by atoms with E-state index in [1.807, 2.05) is 25.1 Å². The van der Waals surface area contributed by atoms with Gasteiger partial charge in [0.25, 0.3) is 0 Å². The Morgan fingerprint density at radius 1 is 0.379 bits per heavy atom. The zero-order valence-electron chi connectivity index (χ0n) is 19.4. The molecule has 0 spiro atoms. The molecule has 0 aliphatic rings. The van der Waals surface area contributed by atoms with Crippen LogP contribution >= 0.6 is 0 Å². The van der Waals surface area contributed by atoms with Gasteiger partial charge in [0.1, 0.15) is 0 Å². The van der Waals surface area contributed by atoms with Crippen LogP contribution in [0.3, 0.4) is 0 Å². The number of carbonyl (C=O) groups excluding carboxylic acids is 4. The summed E-state index contributed by atoms with van der Waals surface area (Å²) in [4.78, 5) is 38.2. The van der Waals surface area contributed by atoms with Crippen LogP contribution in [-0.2, 0) is 40.9 Å². The molecule has 5 heteroatoms. The minimum absolute atomic E-state index is 0. The Morgan fingerprint density at radius 3 is 0.655 bits per heavy atom. The molecule has 0 aromatic heterocycles. The van der Waals surface area contributed by atoms with E-state index in [1.165, 1.54) is 25.7 Å². The molecule has 0 aliphatic heterocycles. The van der Waals surface area contributed by atoms with Crippen LogP contribution in [0.25, 0.3) is 0 Å². The number of hydrogen-bond acceptors (Lipinski definition) is 4. The van der Waals surface area contributed by atoms with Gasteiger partial charge in [-0.3, -0.25) is 25.1 Å². The van der Waals surface area contributed by atoms with Gasteiger partial charge in [-0.25, -0.2) is 0 Å². The van der Waals surface area contributed by atoms with Crippen LogP contribution < -0.4 is 0 Å². The first-order chi connectivity index (χ1) is 13.7. The maximum atomic E-state index is 9.55. The second-order valence-electron chi connectivity index (χ2n) is 6.41. The predicted octanol–water partition coefficient (Wildman–Crippen LogP) is 6.70. The SMILES string of the molecule is CCCCC[C-]=O.CCCCC[C-]=O.CCCCC[C-]=O.CCCCC[C-]=O.[Ti+4]. The minimum Gasteiger partial charge on any atom is -0.542 e. The second kappa shape index (κ2) is 50.7. The van der Waals surface area contributed by atoms with E-state index in [-0.39, 0.29) is 21.7 Å². The topological polar surface area (TPSA) is 68.3 Å². The molecular formula is C24H44O4Ti. The largest absolute Gasteiger partial charge is 4.00 e. The standard InChI is InChI=1S/4C6H11O.Ti/c4*1-2-3-4-5-6-7;/h4*2-5H2,1H3;/q4*-1;+4. The molecule has 0 atom stereocenters. The third-order valence-corrected chi connectivity index (χ3v) is 3.53. The van der Waals surface area contributed by atoms with Gasteiger partial charge in [0.15, 0.2) is 0 Å². The average Bonchev–Trinajstić information content (AvgIpc) is 2.71. The number of rotatable bonds is 16. The van der Waals surface area contributed by atoms with Gasteiger partial charge in [0.05, 0.1) is 0 Å². The number of unbranched alkanes of at least 4 members (excludes halogenated alkanes) is 12. The summed E-state index contributed by atoms with van der Waals surface area (Å²) in [6, 6.07) is 0. The van der Waals surface area contributed by atoms with E-state index >= 15 is 0 Å². The first-order valence-electron chi connectivity index (χ1n) is 11.1. The molecule has 168 valence electrons. The van der Waals surface area contributed by atoms with Crippen molar-refractivity contribution in [1.29, 1.82) is 0 Å². The van der Waals surface area contributed by atoms with E-state index in [2.05, 4.69) is 27.7 Å². The molecule has 0 unspecified atom stereocenters. The van der Waals surface area contributed by atoms with Gasteiger partial charge in [0, 0.05) is 0 Å². The Kier molecular flexibility index (Phi) is 68.1. The van der Waals surface area contributed by atoms with Crippen molar-refractivity contribution in [3.05, 3.63) is 0 Å². The van der Waals surface area contributed by atoms with E-state index in [0.29, 0.717) is 25.7 Å². The number of hydrogen-bond donors (Lipinski definition) is 0. The van der Waals surface area contributed by atoms with Crippen molar-refractivity contribution in [1.82, 2.24) is 0 Å². The maximum absolute atomic E-state index is 9.55. The first-order valence-corrected chi connectivity index (χ1v) is 11.1. The summed E-state index contributed by atoms with van der Waals surface area (Å²) < 4.78 is 0. The summed E-state index contributed by atoms with van der Waals surface area (Å²) in [6.45, 7) is 8.46. The third kappa shape index (κ3) is 74.5. The van der Waals surface area contributed by atoms with Crippen LogP contribution in [0.1, 0.15) is 130 Å². The van der Waals surface area contributed by atoms with Gasteiger partial charge in [0.2, 0.25) is 0 Å². The molecule has 0 N–H and O–H groups in total. The van der Waals surface area contributed by atoms with Crippen molar-refractivity contribution in [2.24, 2.45) is 0 Å².